The number of carboxylic acids is 1. The molecule has 0 fully saturated rings. The van der Waals surface area contributed by atoms with Gasteiger partial charge in [0.15, 0.2) is 17.4 Å². The molecule has 0 radical (unpaired) electrons. The molecule has 2 N–H and O–H groups in total. The Labute approximate surface area is 212 Å². The predicted molar refractivity (Wildman–Crippen MR) is 133 cm³/mol. The molecule has 0 aliphatic rings. The van der Waals surface area contributed by atoms with Crippen molar-refractivity contribution in [3.8, 4) is 11.5 Å². The molecule has 0 amide bonds. The van der Waals surface area contributed by atoms with Crippen LogP contribution in [0.3, 0.4) is 0 Å². The van der Waals surface area contributed by atoms with Crippen LogP contribution in [0.5, 0.6) is 11.5 Å². The molecule has 0 heterocycles. The number of phenolic OH excluding ortho intramolecular Hbond substituents is 1. The molecule has 0 saturated carbocycles. The van der Waals surface area contributed by atoms with Crippen molar-refractivity contribution in [3.05, 3.63) is 99.8 Å². The van der Waals surface area contributed by atoms with E-state index in [1.807, 2.05) is 12.1 Å². The molecule has 1 atom stereocenters. The molecule has 0 spiro atoms. The number of unbranched alkanes of at least 4 members (excludes halogenated alkanes) is 1. The Balaban J connectivity index is 1.80. The van der Waals surface area contributed by atoms with Crippen LogP contribution in [0.25, 0.3) is 6.08 Å². The van der Waals surface area contributed by atoms with Crippen LogP contribution in [0.15, 0.2) is 60.7 Å². The fourth-order valence-electron chi connectivity index (χ4n) is 3.78. The van der Waals surface area contributed by atoms with Gasteiger partial charge in [-0.2, -0.15) is 0 Å². The third kappa shape index (κ3) is 8.05. The van der Waals surface area contributed by atoms with E-state index in [-0.39, 0.29) is 25.4 Å². The Morgan fingerprint density at radius 2 is 1.75 bits per heavy atom. The molecule has 4 nitrogen and oxygen atoms in total. The lowest BCUT2D eigenvalue weighted by molar-refractivity contribution is -0.137. The highest BCUT2D eigenvalue weighted by Gasteiger charge is 2.14. The van der Waals surface area contributed by atoms with Crippen LogP contribution < -0.4 is 4.74 Å². The van der Waals surface area contributed by atoms with Crippen LogP contribution in [0.4, 0.5) is 13.2 Å². The van der Waals surface area contributed by atoms with Gasteiger partial charge in [-0.3, -0.25) is 4.79 Å². The van der Waals surface area contributed by atoms with Gasteiger partial charge in [-0.15, -0.1) is 0 Å². The normalized spacial score (nSPS) is 12.1. The van der Waals surface area contributed by atoms with E-state index in [2.05, 4.69) is 0 Å². The fraction of sp³-hybridized carbons (Fsp3) is 0.250. The number of aromatic hydroxyl groups is 1. The first kappa shape index (κ1) is 27.1. The number of allylic oxidation sites excluding steroid dienone is 1. The lowest BCUT2D eigenvalue weighted by atomic mass is 9.92. The summed E-state index contributed by atoms with van der Waals surface area (Å²) < 4.78 is 47.6. The van der Waals surface area contributed by atoms with Gasteiger partial charge in [-0.05, 0) is 67.1 Å². The van der Waals surface area contributed by atoms with Crippen molar-refractivity contribution >= 4 is 23.6 Å². The first-order valence-electron chi connectivity index (χ1n) is 11.5. The van der Waals surface area contributed by atoms with Crippen molar-refractivity contribution in [2.75, 3.05) is 0 Å². The van der Waals surface area contributed by atoms with Gasteiger partial charge in [0.05, 0.1) is 0 Å². The summed E-state index contributed by atoms with van der Waals surface area (Å²) in [7, 11) is 0. The van der Waals surface area contributed by atoms with Crippen molar-refractivity contribution < 1.29 is 32.9 Å². The number of hydrogen-bond acceptors (Lipinski definition) is 3. The number of benzene rings is 3. The van der Waals surface area contributed by atoms with Gasteiger partial charge in [-0.25, -0.2) is 13.2 Å². The molecule has 36 heavy (non-hydrogen) atoms. The van der Waals surface area contributed by atoms with Gasteiger partial charge in [0.1, 0.15) is 18.2 Å². The summed E-state index contributed by atoms with van der Waals surface area (Å²) in [5, 5.41) is 18.8. The minimum atomic E-state index is -1.06. The van der Waals surface area contributed by atoms with E-state index >= 15 is 0 Å². The Kier molecular flexibility index (Phi) is 9.82. The van der Waals surface area contributed by atoms with Gasteiger partial charge >= 0.3 is 5.97 Å². The van der Waals surface area contributed by atoms with Crippen LogP contribution in [0.2, 0.25) is 5.02 Å². The summed E-state index contributed by atoms with van der Waals surface area (Å²) >= 11 is 6.19. The second-order valence-electron chi connectivity index (χ2n) is 8.43. The molecule has 0 aliphatic heterocycles. The van der Waals surface area contributed by atoms with E-state index in [0.717, 1.165) is 17.7 Å². The number of carbonyl (C=O) groups is 1. The van der Waals surface area contributed by atoms with Crippen molar-refractivity contribution in [1.29, 1.82) is 0 Å². The average Bonchev–Trinajstić information content (AvgIpc) is 2.83. The second-order valence-corrected chi connectivity index (χ2v) is 8.84. The number of rotatable bonds is 12. The van der Waals surface area contributed by atoms with Gasteiger partial charge in [0, 0.05) is 22.6 Å². The van der Waals surface area contributed by atoms with Gasteiger partial charge in [0.2, 0.25) is 0 Å². The van der Waals surface area contributed by atoms with E-state index in [1.54, 1.807) is 24.3 Å². The molecule has 0 saturated heterocycles. The lowest BCUT2D eigenvalue weighted by Crippen LogP contribution is -2.04. The molecule has 3 rings (SSSR count). The zero-order valence-electron chi connectivity index (χ0n) is 19.4. The number of aliphatic carboxylic acids is 1. The van der Waals surface area contributed by atoms with E-state index in [4.69, 9.17) is 21.4 Å². The van der Waals surface area contributed by atoms with Gasteiger partial charge in [0.25, 0.3) is 0 Å². The highest BCUT2D eigenvalue weighted by atomic mass is 35.5. The maximum absolute atomic E-state index is 14.0. The molecule has 0 aliphatic carbocycles. The molecule has 8 heteroatoms. The van der Waals surface area contributed by atoms with Crippen LogP contribution in [0, 0.1) is 23.4 Å². The summed E-state index contributed by atoms with van der Waals surface area (Å²) in [6, 6.07) is 13.5. The van der Waals surface area contributed by atoms with Crippen molar-refractivity contribution in [2.24, 2.45) is 5.92 Å². The minimum absolute atomic E-state index is 0.0167. The maximum Gasteiger partial charge on any atom is 0.303 e. The van der Waals surface area contributed by atoms with Crippen molar-refractivity contribution in [2.45, 2.75) is 38.7 Å². The van der Waals surface area contributed by atoms with Crippen molar-refractivity contribution in [3.63, 3.8) is 0 Å². The summed E-state index contributed by atoms with van der Waals surface area (Å²) in [5.41, 5.74) is 1.58. The second kappa shape index (κ2) is 13.0. The van der Waals surface area contributed by atoms with Gasteiger partial charge in [-0.1, -0.05) is 48.4 Å². The summed E-state index contributed by atoms with van der Waals surface area (Å²) in [6.07, 6.45) is 5.29. The molecule has 190 valence electrons. The summed E-state index contributed by atoms with van der Waals surface area (Å²) in [5.74, 6) is -4.31. The first-order valence-corrected chi connectivity index (χ1v) is 11.8. The van der Waals surface area contributed by atoms with E-state index in [0.29, 0.717) is 41.2 Å². The smallest absolute Gasteiger partial charge is 0.303 e. The molecule has 0 aromatic heterocycles. The standard InChI is InChI=1S/C28H26ClF3O4/c29-23-7-3-2-6-21(23)17-36-26-12-11-22(30)16-20(26)10-9-18(5-1-4-8-27(33)34)13-19-14-24(31)28(35)25(32)15-19/h2-3,6-7,9-12,14-16,18,35H,1,4-5,8,13,17H2,(H,33,34)/b10-9+. The topological polar surface area (TPSA) is 66.8 Å². The number of phenols is 1. The van der Waals surface area contributed by atoms with Crippen LogP contribution in [-0.2, 0) is 17.8 Å². The predicted octanol–water partition coefficient (Wildman–Crippen LogP) is 7.56. The molecule has 3 aromatic carbocycles. The third-order valence-corrected chi connectivity index (χ3v) is 6.02. The maximum atomic E-state index is 14.0. The largest absolute Gasteiger partial charge is 0.503 e. The quantitative estimate of drug-likeness (QED) is 0.243. The first-order chi connectivity index (χ1) is 17.2. The zero-order valence-corrected chi connectivity index (χ0v) is 20.1. The SMILES string of the molecule is O=C(O)CCCCC(/C=C/c1cc(F)ccc1OCc1ccccc1Cl)Cc1cc(F)c(O)c(F)c1. The fourth-order valence-corrected chi connectivity index (χ4v) is 3.97. The molecular weight excluding hydrogens is 493 g/mol. The number of halogens is 4. The van der Waals surface area contributed by atoms with E-state index in [9.17, 15) is 23.1 Å². The molecule has 1 unspecified atom stereocenters. The van der Waals surface area contributed by atoms with Crippen molar-refractivity contribution in [1.82, 2.24) is 0 Å². The highest BCUT2D eigenvalue weighted by molar-refractivity contribution is 6.31. The zero-order chi connectivity index (χ0) is 26.1. The monoisotopic (exact) mass is 518 g/mol. The Morgan fingerprint density at radius 3 is 2.44 bits per heavy atom. The van der Waals surface area contributed by atoms with E-state index in [1.165, 1.54) is 18.2 Å². The summed E-state index contributed by atoms with van der Waals surface area (Å²) in [6.45, 7) is 0.177. The van der Waals surface area contributed by atoms with Gasteiger partial charge < -0.3 is 14.9 Å². The van der Waals surface area contributed by atoms with Crippen LogP contribution in [-0.4, -0.2) is 16.2 Å². The molecule has 3 aromatic rings. The Morgan fingerprint density at radius 1 is 1.03 bits per heavy atom. The number of ether oxygens (including phenoxy) is 1. The number of carboxylic acid groups (broad SMARTS) is 1. The Bertz CT molecular complexity index is 1210. The third-order valence-electron chi connectivity index (χ3n) is 5.65. The Hall–Kier alpha value is -3.45. The molecule has 0 bridgehead atoms. The van der Waals surface area contributed by atoms with E-state index < -0.39 is 29.2 Å². The average molecular weight is 519 g/mol. The van der Waals surface area contributed by atoms with Crippen LogP contribution in [0.1, 0.15) is 42.4 Å². The minimum Gasteiger partial charge on any atom is -0.503 e. The highest BCUT2D eigenvalue weighted by Crippen LogP contribution is 2.28. The van der Waals surface area contributed by atoms with Crippen LogP contribution >= 0.6 is 11.6 Å². The number of hydrogen-bond donors (Lipinski definition) is 2. The lowest BCUT2D eigenvalue weighted by Gasteiger charge is -2.15. The summed E-state index contributed by atoms with van der Waals surface area (Å²) in [4.78, 5) is 10.8. The molecular formula is C28H26ClF3O4.